The van der Waals surface area contributed by atoms with E-state index in [1.165, 1.54) is 9.36 Å². The fourth-order valence-electron chi connectivity index (χ4n) is 2.01. The molecule has 0 aliphatic rings. The molecule has 0 spiro atoms. The van der Waals surface area contributed by atoms with E-state index in [1.807, 2.05) is 30.3 Å². The van der Waals surface area contributed by atoms with Gasteiger partial charge in [0.1, 0.15) is 12.4 Å². The van der Waals surface area contributed by atoms with Crippen LogP contribution in [0.4, 0.5) is 0 Å². The van der Waals surface area contributed by atoms with Gasteiger partial charge in [-0.2, -0.15) is 9.67 Å². The summed E-state index contributed by atoms with van der Waals surface area (Å²) in [7, 11) is 0. The number of amides is 1. The third kappa shape index (κ3) is 3.29. The summed E-state index contributed by atoms with van der Waals surface area (Å²) in [5, 5.41) is 20.9. The van der Waals surface area contributed by atoms with Gasteiger partial charge in [-0.15, -0.1) is 10.2 Å². The minimum Gasteiger partial charge on any atom is -0.394 e. The maximum Gasteiger partial charge on any atom is 0.288 e. The molecule has 10 heteroatoms. The molecular formula is C14H15N7O3. The SMILES string of the molecule is NC(=O)c1nc(-n2cc(-c3ccccc3)nn2)n(COCCO)n1. The van der Waals surface area contributed by atoms with Crippen molar-refractivity contribution in [2.24, 2.45) is 5.73 Å². The Labute approximate surface area is 136 Å². The summed E-state index contributed by atoms with van der Waals surface area (Å²) < 4.78 is 7.91. The lowest BCUT2D eigenvalue weighted by Gasteiger charge is -2.04. The number of ether oxygens (including phenoxy) is 1. The standard InChI is InChI=1S/C14H15N7O3/c15-12(23)13-16-14(21(18-13)9-24-7-6-22)20-8-11(17-19-20)10-4-2-1-3-5-10/h1-5,8,22H,6-7,9H2,(H2,15,23). The molecular weight excluding hydrogens is 314 g/mol. The summed E-state index contributed by atoms with van der Waals surface area (Å²) in [6.07, 6.45) is 1.66. The normalized spacial score (nSPS) is 10.9. The summed E-state index contributed by atoms with van der Waals surface area (Å²) in [6.45, 7) is -0.0251. The molecule has 0 aliphatic heterocycles. The van der Waals surface area contributed by atoms with Gasteiger partial charge in [0.25, 0.3) is 11.9 Å². The molecule has 1 amide bonds. The van der Waals surface area contributed by atoms with Crippen molar-refractivity contribution in [3.8, 4) is 17.2 Å². The van der Waals surface area contributed by atoms with Crippen molar-refractivity contribution in [1.82, 2.24) is 29.8 Å². The van der Waals surface area contributed by atoms with Gasteiger partial charge in [-0.3, -0.25) is 4.79 Å². The lowest BCUT2D eigenvalue weighted by Crippen LogP contribution is -2.14. The van der Waals surface area contributed by atoms with E-state index in [2.05, 4.69) is 20.4 Å². The Balaban J connectivity index is 1.93. The van der Waals surface area contributed by atoms with Gasteiger partial charge in [0.15, 0.2) is 0 Å². The lowest BCUT2D eigenvalue weighted by molar-refractivity contribution is 0.0412. The number of hydrogen-bond acceptors (Lipinski definition) is 7. The van der Waals surface area contributed by atoms with Crippen molar-refractivity contribution in [1.29, 1.82) is 0 Å². The molecule has 24 heavy (non-hydrogen) atoms. The number of carbonyl (C=O) groups is 1. The van der Waals surface area contributed by atoms with Crippen LogP contribution in [-0.2, 0) is 11.5 Å². The van der Waals surface area contributed by atoms with Crippen LogP contribution in [0, 0.1) is 0 Å². The minimum absolute atomic E-state index is 0.0172. The molecule has 2 aromatic heterocycles. The van der Waals surface area contributed by atoms with Crippen molar-refractivity contribution in [3.05, 3.63) is 42.4 Å². The van der Waals surface area contributed by atoms with E-state index < -0.39 is 5.91 Å². The highest BCUT2D eigenvalue weighted by Gasteiger charge is 2.17. The largest absolute Gasteiger partial charge is 0.394 e. The molecule has 0 aliphatic carbocycles. The molecule has 0 atom stereocenters. The molecule has 0 bridgehead atoms. The predicted molar refractivity (Wildman–Crippen MR) is 81.9 cm³/mol. The summed E-state index contributed by atoms with van der Waals surface area (Å²) >= 11 is 0. The van der Waals surface area contributed by atoms with Crippen LogP contribution >= 0.6 is 0 Å². The Morgan fingerprint density at radius 1 is 1.29 bits per heavy atom. The quantitative estimate of drug-likeness (QED) is 0.563. The molecule has 10 nitrogen and oxygen atoms in total. The van der Waals surface area contributed by atoms with Gasteiger partial charge in [-0.25, -0.2) is 4.68 Å². The highest BCUT2D eigenvalue weighted by Crippen LogP contribution is 2.16. The zero-order valence-electron chi connectivity index (χ0n) is 12.6. The van der Waals surface area contributed by atoms with Crippen molar-refractivity contribution < 1.29 is 14.6 Å². The average Bonchev–Trinajstić information content (AvgIpc) is 3.23. The van der Waals surface area contributed by atoms with Crippen LogP contribution in [0.15, 0.2) is 36.5 Å². The van der Waals surface area contributed by atoms with Gasteiger partial charge in [0, 0.05) is 5.56 Å². The minimum atomic E-state index is -0.763. The second-order valence-electron chi connectivity index (χ2n) is 4.77. The second-order valence-corrected chi connectivity index (χ2v) is 4.77. The Kier molecular flexibility index (Phi) is 4.59. The number of nitrogens with two attached hydrogens (primary N) is 1. The van der Waals surface area contributed by atoms with Crippen LogP contribution in [0.3, 0.4) is 0 Å². The van der Waals surface area contributed by atoms with Crippen LogP contribution in [-0.4, -0.2) is 54.0 Å². The molecule has 1 aromatic carbocycles. The third-order valence-electron chi connectivity index (χ3n) is 3.09. The third-order valence-corrected chi connectivity index (χ3v) is 3.09. The summed E-state index contributed by atoms with van der Waals surface area (Å²) in [6, 6.07) is 9.49. The topological polar surface area (TPSA) is 134 Å². The molecule has 0 unspecified atom stereocenters. The highest BCUT2D eigenvalue weighted by atomic mass is 16.5. The number of carbonyl (C=O) groups excluding carboxylic acids is 1. The first-order chi connectivity index (χ1) is 11.7. The number of nitrogens with zero attached hydrogens (tertiary/aromatic N) is 6. The van der Waals surface area contributed by atoms with E-state index in [9.17, 15) is 4.79 Å². The monoisotopic (exact) mass is 329 g/mol. The van der Waals surface area contributed by atoms with E-state index in [-0.39, 0.29) is 31.7 Å². The van der Waals surface area contributed by atoms with Crippen molar-refractivity contribution in [3.63, 3.8) is 0 Å². The first kappa shape index (κ1) is 15.8. The van der Waals surface area contributed by atoms with Gasteiger partial charge >= 0.3 is 0 Å². The van der Waals surface area contributed by atoms with E-state index in [0.717, 1.165) is 5.56 Å². The molecule has 3 N–H and O–H groups in total. The van der Waals surface area contributed by atoms with Crippen LogP contribution in [0.2, 0.25) is 0 Å². The van der Waals surface area contributed by atoms with E-state index in [1.54, 1.807) is 6.20 Å². The second kappa shape index (κ2) is 6.98. The Hall–Kier alpha value is -3.11. The van der Waals surface area contributed by atoms with Crippen LogP contribution in [0.1, 0.15) is 10.6 Å². The van der Waals surface area contributed by atoms with Crippen LogP contribution < -0.4 is 5.73 Å². The number of aromatic nitrogens is 6. The van der Waals surface area contributed by atoms with Crippen LogP contribution in [0.5, 0.6) is 0 Å². The van der Waals surface area contributed by atoms with Gasteiger partial charge in [-0.05, 0) is 0 Å². The number of aliphatic hydroxyl groups excluding tert-OH is 1. The van der Waals surface area contributed by atoms with Gasteiger partial charge in [0.05, 0.1) is 19.4 Å². The van der Waals surface area contributed by atoms with E-state index in [4.69, 9.17) is 15.6 Å². The maximum atomic E-state index is 11.3. The van der Waals surface area contributed by atoms with Gasteiger partial charge < -0.3 is 15.6 Å². The van der Waals surface area contributed by atoms with Gasteiger partial charge in [0.2, 0.25) is 5.82 Å². The molecule has 124 valence electrons. The molecule has 0 fully saturated rings. The number of hydrogen-bond donors (Lipinski definition) is 2. The number of benzene rings is 1. The van der Waals surface area contributed by atoms with E-state index in [0.29, 0.717) is 5.69 Å². The van der Waals surface area contributed by atoms with Gasteiger partial charge in [-0.1, -0.05) is 35.5 Å². The molecule has 0 radical (unpaired) electrons. The van der Waals surface area contributed by atoms with Crippen molar-refractivity contribution in [2.75, 3.05) is 13.2 Å². The molecule has 0 saturated heterocycles. The van der Waals surface area contributed by atoms with Crippen molar-refractivity contribution >= 4 is 5.91 Å². The smallest absolute Gasteiger partial charge is 0.288 e. The molecule has 3 aromatic rings. The highest BCUT2D eigenvalue weighted by molar-refractivity contribution is 5.88. The zero-order valence-corrected chi connectivity index (χ0v) is 12.6. The molecule has 2 heterocycles. The predicted octanol–water partition coefficient (Wildman–Crippen LogP) is -0.409. The zero-order chi connectivity index (χ0) is 16.9. The average molecular weight is 329 g/mol. The summed E-state index contributed by atoms with van der Waals surface area (Å²) in [4.78, 5) is 15.4. The van der Waals surface area contributed by atoms with E-state index >= 15 is 0 Å². The Morgan fingerprint density at radius 3 is 2.79 bits per heavy atom. The first-order valence-corrected chi connectivity index (χ1v) is 7.10. The Morgan fingerprint density at radius 2 is 2.08 bits per heavy atom. The fraction of sp³-hybridized carbons (Fsp3) is 0.214. The molecule has 0 saturated carbocycles. The van der Waals surface area contributed by atoms with Crippen molar-refractivity contribution in [2.45, 2.75) is 6.73 Å². The summed E-state index contributed by atoms with van der Waals surface area (Å²) in [5.41, 5.74) is 6.75. The summed E-state index contributed by atoms with van der Waals surface area (Å²) in [5.74, 6) is -0.689. The number of aliphatic hydroxyl groups is 1. The number of primary amides is 1. The Bertz CT molecular complexity index is 828. The lowest BCUT2D eigenvalue weighted by atomic mass is 10.2. The molecule has 3 rings (SSSR count). The maximum absolute atomic E-state index is 11.3. The first-order valence-electron chi connectivity index (χ1n) is 7.10. The van der Waals surface area contributed by atoms with Crippen LogP contribution in [0.25, 0.3) is 17.2 Å². The number of rotatable bonds is 7. The fourth-order valence-corrected chi connectivity index (χ4v) is 2.01.